The van der Waals surface area contributed by atoms with E-state index in [9.17, 15) is 4.79 Å². The predicted octanol–water partition coefficient (Wildman–Crippen LogP) is 5.95. The monoisotopic (exact) mass is 420 g/mol. The second kappa shape index (κ2) is 7.41. The number of halogens is 1. The Balaban J connectivity index is 1.58. The number of rotatable bonds is 4. The summed E-state index contributed by atoms with van der Waals surface area (Å²) in [6.45, 7) is 2.38. The molecular formula is C23H17BrO3. The Kier molecular flexibility index (Phi) is 4.82. The van der Waals surface area contributed by atoms with E-state index in [0.717, 1.165) is 26.9 Å². The predicted molar refractivity (Wildman–Crippen MR) is 109 cm³/mol. The van der Waals surface area contributed by atoms with Gasteiger partial charge >= 0.3 is 0 Å². The van der Waals surface area contributed by atoms with E-state index in [1.54, 1.807) is 12.1 Å². The fraction of sp³-hybridized carbons (Fsp3) is 0.0870. The number of Topliss-reactive ketones (excluding diaryl/α,β-unsaturated/α-hetero) is 1. The zero-order chi connectivity index (χ0) is 18.8. The molecule has 4 rings (SSSR count). The number of hydrogen-bond acceptors (Lipinski definition) is 3. The third-order valence-corrected chi connectivity index (χ3v) is 4.97. The summed E-state index contributed by atoms with van der Waals surface area (Å²) in [5.41, 5.74) is 3.40. The number of fused-ring (bicyclic) bond motifs is 1. The molecule has 0 amide bonds. The molecular weight excluding hydrogens is 404 g/mol. The van der Waals surface area contributed by atoms with Crippen molar-refractivity contribution >= 4 is 27.8 Å². The number of allylic oxidation sites excluding steroid dienone is 1. The average molecular weight is 421 g/mol. The van der Waals surface area contributed by atoms with Gasteiger partial charge in [0.25, 0.3) is 0 Å². The summed E-state index contributed by atoms with van der Waals surface area (Å²) in [7, 11) is 0. The number of benzene rings is 3. The minimum Gasteiger partial charge on any atom is -0.488 e. The van der Waals surface area contributed by atoms with Crippen LogP contribution in [0.3, 0.4) is 0 Å². The van der Waals surface area contributed by atoms with Gasteiger partial charge in [0.15, 0.2) is 5.76 Å². The number of ether oxygens (including phenoxy) is 2. The fourth-order valence-electron chi connectivity index (χ4n) is 2.97. The summed E-state index contributed by atoms with van der Waals surface area (Å²) in [5.74, 6) is 1.52. The summed E-state index contributed by atoms with van der Waals surface area (Å²) in [4.78, 5) is 12.7. The first kappa shape index (κ1) is 17.6. The average Bonchev–Trinajstić information content (AvgIpc) is 3.00. The Morgan fingerprint density at radius 3 is 2.48 bits per heavy atom. The number of ketones is 1. The number of carbonyl (C=O) groups excluding carboxylic acids is 1. The van der Waals surface area contributed by atoms with E-state index in [2.05, 4.69) is 15.9 Å². The summed E-state index contributed by atoms with van der Waals surface area (Å²) in [5, 5.41) is 0. The maximum absolute atomic E-state index is 12.7. The van der Waals surface area contributed by atoms with Gasteiger partial charge in [-0.15, -0.1) is 0 Å². The van der Waals surface area contributed by atoms with E-state index in [-0.39, 0.29) is 5.78 Å². The Morgan fingerprint density at radius 1 is 1.00 bits per heavy atom. The van der Waals surface area contributed by atoms with Gasteiger partial charge in [-0.1, -0.05) is 58.4 Å². The van der Waals surface area contributed by atoms with Crippen molar-refractivity contribution < 1.29 is 14.3 Å². The summed E-state index contributed by atoms with van der Waals surface area (Å²) in [6, 6.07) is 21.3. The minimum absolute atomic E-state index is 0.106. The van der Waals surface area contributed by atoms with Crippen molar-refractivity contribution in [3.8, 4) is 11.5 Å². The molecule has 0 saturated heterocycles. The summed E-state index contributed by atoms with van der Waals surface area (Å²) in [6.07, 6.45) is 1.76. The lowest BCUT2D eigenvalue weighted by molar-refractivity contribution is 0.101. The van der Waals surface area contributed by atoms with Crippen LogP contribution in [0.15, 0.2) is 77.0 Å². The molecule has 4 heteroatoms. The first-order valence-electron chi connectivity index (χ1n) is 8.62. The maximum Gasteiger partial charge on any atom is 0.231 e. The lowest BCUT2D eigenvalue weighted by atomic mass is 10.1. The third-order valence-electron chi connectivity index (χ3n) is 4.44. The zero-order valence-electron chi connectivity index (χ0n) is 14.7. The highest BCUT2D eigenvalue weighted by molar-refractivity contribution is 9.10. The molecule has 0 radical (unpaired) electrons. The lowest BCUT2D eigenvalue weighted by Gasteiger charge is -2.11. The standard InChI is InChI=1S/C23H17BrO3/c1-15-20(26-14-17-5-3-2-4-6-17)12-11-19-22(25)21(27-23(15)19)13-16-7-9-18(24)10-8-16/h2-13H,14H2,1H3/b21-13-. The minimum atomic E-state index is -0.106. The third kappa shape index (κ3) is 3.67. The van der Waals surface area contributed by atoms with Gasteiger partial charge in [0.1, 0.15) is 18.1 Å². The van der Waals surface area contributed by atoms with Crippen LogP contribution in [0.25, 0.3) is 6.08 Å². The van der Waals surface area contributed by atoms with E-state index in [1.165, 1.54) is 0 Å². The van der Waals surface area contributed by atoms with Gasteiger partial charge in [-0.2, -0.15) is 0 Å². The van der Waals surface area contributed by atoms with Crippen LogP contribution in [0.5, 0.6) is 11.5 Å². The van der Waals surface area contributed by atoms with Crippen molar-refractivity contribution in [3.05, 3.63) is 99.2 Å². The Labute approximate surface area is 166 Å². The summed E-state index contributed by atoms with van der Waals surface area (Å²) < 4.78 is 12.8. The van der Waals surface area contributed by atoms with Crippen molar-refractivity contribution in [2.24, 2.45) is 0 Å². The Hall–Kier alpha value is -2.85. The van der Waals surface area contributed by atoms with Crippen LogP contribution in [-0.4, -0.2) is 5.78 Å². The largest absolute Gasteiger partial charge is 0.488 e. The van der Waals surface area contributed by atoms with Crippen LogP contribution in [0.2, 0.25) is 0 Å². The van der Waals surface area contributed by atoms with E-state index in [1.807, 2.05) is 67.6 Å². The molecule has 0 fully saturated rings. The first-order valence-corrected chi connectivity index (χ1v) is 9.41. The topological polar surface area (TPSA) is 35.5 Å². The van der Waals surface area contributed by atoms with Crippen LogP contribution in [0.4, 0.5) is 0 Å². The SMILES string of the molecule is Cc1c(OCc2ccccc2)ccc2c1O/C(=C\c1ccc(Br)cc1)C2=O. The second-order valence-corrected chi connectivity index (χ2v) is 7.25. The molecule has 0 N–H and O–H groups in total. The van der Waals surface area contributed by atoms with Gasteiger partial charge in [-0.05, 0) is 48.4 Å². The molecule has 3 aromatic carbocycles. The van der Waals surface area contributed by atoms with Crippen molar-refractivity contribution in [1.82, 2.24) is 0 Å². The first-order chi connectivity index (χ1) is 13.1. The van der Waals surface area contributed by atoms with Crippen molar-refractivity contribution in [2.45, 2.75) is 13.5 Å². The number of carbonyl (C=O) groups is 1. The van der Waals surface area contributed by atoms with Gasteiger partial charge in [0, 0.05) is 10.0 Å². The molecule has 1 aliphatic heterocycles. The van der Waals surface area contributed by atoms with Gasteiger partial charge in [0.05, 0.1) is 5.56 Å². The highest BCUT2D eigenvalue weighted by Gasteiger charge is 2.30. The second-order valence-electron chi connectivity index (χ2n) is 6.33. The Morgan fingerprint density at radius 2 is 1.74 bits per heavy atom. The maximum atomic E-state index is 12.7. The number of hydrogen-bond donors (Lipinski definition) is 0. The van der Waals surface area contributed by atoms with E-state index >= 15 is 0 Å². The van der Waals surface area contributed by atoms with E-state index in [4.69, 9.17) is 9.47 Å². The van der Waals surface area contributed by atoms with Gasteiger partial charge in [-0.25, -0.2) is 0 Å². The van der Waals surface area contributed by atoms with E-state index < -0.39 is 0 Å². The molecule has 0 aromatic heterocycles. The molecule has 1 heterocycles. The fourth-order valence-corrected chi connectivity index (χ4v) is 3.23. The van der Waals surface area contributed by atoms with Crippen LogP contribution in [0.1, 0.15) is 27.0 Å². The molecule has 0 spiro atoms. The quantitative estimate of drug-likeness (QED) is 0.488. The molecule has 3 nitrogen and oxygen atoms in total. The van der Waals surface area contributed by atoms with Crippen LogP contribution in [0, 0.1) is 6.92 Å². The van der Waals surface area contributed by atoms with E-state index in [0.29, 0.717) is 23.7 Å². The highest BCUT2D eigenvalue weighted by Crippen LogP contribution is 2.39. The van der Waals surface area contributed by atoms with Gasteiger partial charge < -0.3 is 9.47 Å². The molecule has 0 bridgehead atoms. The molecule has 0 saturated carbocycles. The molecule has 3 aromatic rings. The molecule has 27 heavy (non-hydrogen) atoms. The van der Waals surface area contributed by atoms with Crippen molar-refractivity contribution in [3.63, 3.8) is 0 Å². The molecule has 1 aliphatic rings. The van der Waals surface area contributed by atoms with Crippen molar-refractivity contribution in [1.29, 1.82) is 0 Å². The smallest absolute Gasteiger partial charge is 0.231 e. The highest BCUT2D eigenvalue weighted by atomic mass is 79.9. The van der Waals surface area contributed by atoms with Gasteiger partial charge in [0.2, 0.25) is 5.78 Å². The Bertz CT molecular complexity index is 1020. The molecule has 0 aliphatic carbocycles. The van der Waals surface area contributed by atoms with Crippen LogP contribution >= 0.6 is 15.9 Å². The summed E-state index contributed by atoms with van der Waals surface area (Å²) >= 11 is 3.41. The normalized spacial score (nSPS) is 14.1. The van der Waals surface area contributed by atoms with Crippen molar-refractivity contribution in [2.75, 3.05) is 0 Å². The lowest BCUT2D eigenvalue weighted by Crippen LogP contribution is -1.98. The molecule has 0 atom stereocenters. The van der Waals surface area contributed by atoms with Crippen LogP contribution < -0.4 is 9.47 Å². The zero-order valence-corrected chi connectivity index (χ0v) is 16.3. The molecule has 0 unspecified atom stereocenters. The van der Waals surface area contributed by atoms with Crippen LogP contribution in [-0.2, 0) is 6.61 Å². The van der Waals surface area contributed by atoms with Gasteiger partial charge in [-0.3, -0.25) is 4.79 Å². The molecule has 134 valence electrons.